The van der Waals surface area contributed by atoms with Gasteiger partial charge in [-0.05, 0) is 173 Å². The first kappa shape index (κ1) is 45.0. The Kier molecular flexibility index (Phi) is 9.90. The Bertz CT molecular complexity index is 3270. The van der Waals surface area contributed by atoms with Crippen LogP contribution in [0.2, 0.25) is 0 Å². The Morgan fingerprint density at radius 1 is 0.600 bits per heavy atom. The zero-order valence-corrected chi connectivity index (χ0v) is 43.7. The van der Waals surface area contributed by atoms with Gasteiger partial charge in [0.25, 0.3) is 6.71 Å². The first-order valence-electron chi connectivity index (χ1n) is 26.1. The molecule has 3 heterocycles. The fraction of sp³-hybridized carbons (Fsp3) is 0.354. The zero-order chi connectivity index (χ0) is 48.9. The third kappa shape index (κ3) is 6.84. The van der Waals surface area contributed by atoms with Crippen molar-refractivity contribution in [1.29, 1.82) is 0 Å². The predicted octanol–water partition coefficient (Wildman–Crippen LogP) is 17.0. The Labute approximate surface area is 418 Å². The molecule has 0 N–H and O–H groups in total. The van der Waals surface area contributed by atoms with Crippen molar-refractivity contribution < 1.29 is 4.42 Å². The highest BCUT2D eigenvalue weighted by atomic mass is 16.3. The van der Waals surface area contributed by atoms with Crippen LogP contribution in [-0.4, -0.2) is 6.71 Å². The Morgan fingerprint density at radius 3 is 1.80 bits per heavy atom. The first-order chi connectivity index (χ1) is 33.2. The van der Waals surface area contributed by atoms with E-state index in [1.165, 1.54) is 75.2 Å². The van der Waals surface area contributed by atoms with Crippen LogP contribution in [0.4, 0.5) is 45.5 Å². The molecule has 3 aliphatic carbocycles. The van der Waals surface area contributed by atoms with Gasteiger partial charge in [0.15, 0.2) is 0 Å². The van der Waals surface area contributed by atoms with Crippen molar-refractivity contribution in [3.63, 3.8) is 0 Å². The van der Waals surface area contributed by atoms with Crippen LogP contribution in [0.3, 0.4) is 0 Å². The van der Waals surface area contributed by atoms with E-state index >= 15 is 0 Å². The van der Waals surface area contributed by atoms with Crippen LogP contribution in [0.15, 0.2) is 161 Å². The van der Waals surface area contributed by atoms with Crippen LogP contribution < -0.4 is 25.8 Å². The summed E-state index contributed by atoms with van der Waals surface area (Å²) in [5.41, 5.74) is 23.0. The molecule has 0 bridgehead atoms. The minimum Gasteiger partial charge on any atom is -0.468 e. The summed E-state index contributed by atoms with van der Waals surface area (Å²) in [5, 5.41) is 1.14. The third-order valence-electron chi connectivity index (χ3n) is 17.8. The summed E-state index contributed by atoms with van der Waals surface area (Å²) in [5.74, 6) is 0.410. The molecule has 1 atom stereocenters. The lowest BCUT2D eigenvalue weighted by molar-refractivity contribution is 0.122. The van der Waals surface area contributed by atoms with Gasteiger partial charge in [-0.2, -0.15) is 0 Å². The summed E-state index contributed by atoms with van der Waals surface area (Å²) in [6.45, 7) is 29.2. The Morgan fingerprint density at radius 2 is 1.17 bits per heavy atom. The topological polar surface area (TPSA) is 22.9 Å². The molecule has 70 heavy (non-hydrogen) atoms. The Balaban J connectivity index is 1.24. The quantitative estimate of drug-likeness (QED) is 0.161. The van der Waals surface area contributed by atoms with Gasteiger partial charge in [0.2, 0.25) is 0 Å². The number of benzene rings is 6. The van der Waals surface area contributed by atoms with E-state index in [1.807, 2.05) is 0 Å². The van der Waals surface area contributed by atoms with Crippen LogP contribution in [0.5, 0.6) is 0 Å². The standard InChI is InChI=1S/C65H70BN3O/c1-41-35-48-50(64(9,10)33-31-62(48,5)6)39-53(41)69-54-40-51-49(63(7,8)32-34-65(51,11)12)38-52(54)66-58-55(36-46(37-56(58)69)67(43-21-15-13-16-22-43)44-23-17-14-18-24-44)68(45-29-27-42(28-30-45)61(2,3)4)59-47-25-19-20-26-57(47)70-60(59)66/h13-30,35-37,39-40,49H,31-34,38H2,1-12H3. The van der Waals surface area contributed by atoms with E-state index in [0.717, 1.165) is 57.9 Å². The molecule has 1 fully saturated rings. The monoisotopic (exact) mass is 920 g/mol. The van der Waals surface area contributed by atoms with E-state index in [4.69, 9.17) is 4.42 Å². The molecule has 0 amide bonds. The third-order valence-corrected chi connectivity index (χ3v) is 17.8. The van der Waals surface area contributed by atoms with E-state index in [-0.39, 0.29) is 33.8 Å². The van der Waals surface area contributed by atoms with Crippen LogP contribution in [-0.2, 0) is 16.2 Å². The van der Waals surface area contributed by atoms with Crippen LogP contribution in [0, 0.1) is 23.7 Å². The highest BCUT2D eigenvalue weighted by Gasteiger charge is 2.53. The number of nitrogens with zero attached hydrogens (tertiary/aromatic N) is 3. The summed E-state index contributed by atoms with van der Waals surface area (Å²) < 4.78 is 7.43. The second kappa shape index (κ2) is 15.4. The lowest BCUT2D eigenvalue weighted by Gasteiger charge is -2.53. The molecule has 1 unspecified atom stereocenters. The van der Waals surface area contributed by atoms with Crippen LogP contribution >= 0.6 is 0 Å². The largest absolute Gasteiger partial charge is 0.468 e. The minimum absolute atomic E-state index is 0.0126. The van der Waals surface area contributed by atoms with Crippen molar-refractivity contribution >= 4 is 74.3 Å². The highest BCUT2D eigenvalue weighted by Crippen LogP contribution is 2.60. The molecule has 0 spiro atoms. The summed E-state index contributed by atoms with van der Waals surface area (Å²) in [7, 11) is 0. The van der Waals surface area contributed by atoms with E-state index in [9.17, 15) is 0 Å². The van der Waals surface area contributed by atoms with Gasteiger partial charge in [-0.3, -0.25) is 0 Å². The van der Waals surface area contributed by atoms with E-state index < -0.39 is 0 Å². The number of para-hydroxylation sites is 3. The molecule has 0 saturated heterocycles. The van der Waals surface area contributed by atoms with Crippen LogP contribution in [0.25, 0.3) is 11.0 Å². The molecular weight excluding hydrogens is 850 g/mol. The molecule has 6 aromatic carbocycles. The molecule has 4 nitrogen and oxygen atoms in total. The molecule has 1 saturated carbocycles. The summed E-state index contributed by atoms with van der Waals surface area (Å²) >= 11 is 0. The van der Waals surface area contributed by atoms with Gasteiger partial charge < -0.3 is 19.1 Å². The van der Waals surface area contributed by atoms with Crippen molar-refractivity contribution in [1.82, 2.24) is 0 Å². The van der Waals surface area contributed by atoms with Gasteiger partial charge in [0.05, 0.1) is 17.0 Å². The second-order valence-corrected chi connectivity index (χ2v) is 25.2. The number of allylic oxidation sites excluding steroid dienone is 3. The zero-order valence-electron chi connectivity index (χ0n) is 43.7. The van der Waals surface area contributed by atoms with Crippen LogP contribution in [0.1, 0.15) is 131 Å². The Hall–Kier alpha value is -6.20. The lowest BCUT2D eigenvalue weighted by atomic mass is 9.32. The molecule has 354 valence electrons. The fourth-order valence-corrected chi connectivity index (χ4v) is 13.4. The maximum absolute atomic E-state index is 7.43. The van der Waals surface area contributed by atoms with Gasteiger partial charge in [-0.15, -0.1) is 0 Å². The fourth-order valence-electron chi connectivity index (χ4n) is 13.4. The van der Waals surface area contributed by atoms with Crippen molar-refractivity contribution in [3.8, 4) is 0 Å². The first-order valence-corrected chi connectivity index (χ1v) is 26.1. The number of hydrogen-bond donors (Lipinski definition) is 0. The molecule has 7 aromatic rings. The average Bonchev–Trinajstić information content (AvgIpc) is 3.71. The SMILES string of the molecule is Cc1cc2c(cc1N1C3=C(CC4C(=C3)C(C)(C)CCC4(C)C)B3c4oc5ccccc5c4N(c4ccc(C(C)(C)C)cc4)c4cc(N(c5ccccc5)c5ccccc5)cc1c43)C(C)(C)CCC2(C)C. The highest BCUT2D eigenvalue weighted by molar-refractivity contribution is 6.94. The van der Waals surface area contributed by atoms with Crippen molar-refractivity contribution in [2.24, 2.45) is 16.7 Å². The molecule has 5 heteroatoms. The van der Waals surface area contributed by atoms with Gasteiger partial charge in [-0.1, -0.05) is 154 Å². The number of hydrogen-bond acceptors (Lipinski definition) is 4. The minimum atomic E-state index is -0.0911. The average molecular weight is 920 g/mol. The molecule has 1 aromatic heterocycles. The lowest BCUT2D eigenvalue weighted by Crippen LogP contribution is -2.57. The van der Waals surface area contributed by atoms with E-state index in [0.29, 0.717) is 5.92 Å². The molecule has 5 aliphatic rings. The van der Waals surface area contributed by atoms with Gasteiger partial charge in [0.1, 0.15) is 5.58 Å². The number of fused-ring (bicyclic) bond motifs is 7. The van der Waals surface area contributed by atoms with Crippen molar-refractivity contribution in [2.75, 3.05) is 14.7 Å². The van der Waals surface area contributed by atoms with Gasteiger partial charge in [0, 0.05) is 45.2 Å². The molecule has 2 aliphatic heterocycles. The number of furan rings is 1. The number of aryl methyl sites for hydroxylation is 1. The van der Waals surface area contributed by atoms with E-state index in [1.54, 1.807) is 5.57 Å². The van der Waals surface area contributed by atoms with E-state index in [2.05, 4.69) is 237 Å². The summed E-state index contributed by atoms with van der Waals surface area (Å²) in [6, 6.07) is 50.3. The predicted molar refractivity (Wildman–Crippen MR) is 298 cm³/mol. The maximum Gasteiger partial charge on any atom is 0.293 e. The van der Waals surface area contributed by atoms with Crippen molar-refractivity contribution in [2.45, 2.75) is 131 Å². The van der Waals surface area contributed by atoms with Crippen molar-refractivity contribution in [3.05, 3.63) is 179 Å². The number of anilines is 8. The van der Waals surface area contributed by atoms with Gasteiger partial charge >= 0.3 is 0 Å². The smallest absolute Gasteiger partial charge is 0.293 e. The van der Waals surface area contributed by atoms with Gasteiger partial charge in [-0.25, -0.2) is 0 Å². The summed E-state index contributed by atoms with van der Waals surface area (Å²) in [4.78, 5) is 7.77. The second-order valence-electron chi connectivity index (χ2n) is 25.2. The summed E-state index contributed by atoms with van der Waals surface area (Å²) in [6.07, 6.45) is 8.41. The molecule has 12 rings (SSSR count). The maximum atomic E-state index is 7.43. The normalized spacial score (nSPS) is 20.3. The molecular formula is C65H70BN3O. The molecule has 0 radical (unpaired) electrons. The number of rotatable bonds is 5.